The van der Waals surface area contributed by atoms with Gasteiger partial charge in [-0.2, -0.15) is 0 Å². The smallest absolute Gasteiger partial charge is 0.321 e. The van der Waals surface area contributed by atoms with Crippen LogP contribution in [-0.2, 0) is 9.59 Å². The van der Waals surface area contributed by atoms with Gasteiger partial charge < -0.3 is 15.8 Å². The maximum atomic E-state index is 12.8. The molecule has 1 saturated carbocycles. The van der Waals surface area contributed by atoms with Gasteiger partial charge in [-0.1, -0.05) is 19.3 Å². The second-order valence-corrected chi connectivity index (χ2v) is 7.09. The van der Waals surface area contributed by atoms with Gasteiger partial charge in [0.05, 0.1) is 0 Å². The second kappa shape index (κ2) is 7.73. The Bertz CT molecular complexity index is 843. The largest absolute Gasteiger partial charge is 0.424 e. The summed E-state index contributed by atoms with van der Waals surface area (Å²) in [4.78, 5) is 33.0. The Kier molecular flexibility index (Phi) is 5.39. The highest BCUT2D eigenvalue weighted by Gasteiger charge is 2.45. The molecule has 2 amide bonds. The number of carbonyl (C=O) groups excluding carboxylic acids is 2. The van der Waals surface area contributed by atoms with E-state index in [1.165, 1.54) is 0 Å². The molecule has 0 unspecified atom stereocenters. The number of aromatic nitrogens is 2. The first-order valence-corrected chi connectivity index (χ1v) is 9.09. The number of nitrogens with one attached hydrogen (secondary N) is 1. The first-order valence-electron chi connectivity index (χ1n) is 9.09. The van der Waals surface area contributed by atoms with Crippen molar-refractivity contribution in [3.05, 3.63) is 41.7 Å². The number of hydrogen-bond donors (Lipinski definition) is 2. The highest BCUT2D eigenvalue weighted by molar-refractivity contribution is 6.10. The lowest BCUT2D eigenvalue weighted by atomic mass is 9.72. The third-order valence-corrected chi connectivity index (χ3v) is 5.00. The van der Waals surface area contributed by atoms with Crippen LogP contribution in [0.5, 0.6) is 11.8 Å². The van der Waals surface area contributed by atoms with Crippen LogP contribution in [0.4, 0.5) is 5.69 Å². The molecule has 142 valence electrons. The number of aryl methyl sites for hydroxylation is 2. The van der Waals surface area contributed by atoms with Crippen molar-refractivity contribution in [2.75, 3.05) is 5.32 Å². The average Bonchev–Trinajstić information content (AvgIpc) is 2.66. The molecule has 27 heavy (non-hydrogen) atoms. The van der Waals surface area contributed by atoms with Crippen molar-refractivity contribution in [1.29, 1.82) is 0 Å². The summed E-state index contributed by atoms with van der Waals surface area (Å²) in [6.07, 6.45) is 7.05. The molecule has 0 aliphatic heterocycles. The summed E-state index contributed by atoms with van der Waals surface area (Å²) in [6.45, 7) is 3.77. The molecule has 3 rings (SSSR count). The average molecular weight is 368 g/mol. The minimum atomic E-state index is -1.11. The molecule has 0 spiro atoms. The van der Waals surface area contributed by atoms with Gasteiger partial charge in [0.2, 0.25) is 11.8 Å². The molecule has 1 aliphatic carbocycles. The molecule has 0 radical (unpaired) electrons. The van der Waals surface area contributed by atoms with E-state index in [4.69, 9.17) is 10.5 Å². The van der Waals surface area contributed by atoms with Gasteiger partial charge in [0.15, 0.2) is 0 Å². The van der Waals surface area contributed by atoms with Crippen LogP contribution in [0, 0.1) is 19.3 Å². The summed E-state index contributed by atoms with van der Waals surface area (Å²) in [6, 6.07) is 5.52. The van der Waals surface area contributed by atoms with E-state index in [0.717, 1.165) is 30.4 Å². The molecule has 7 heteroatoms. The van der Waals surface area contributed by atoms with E-state index in [0.29, 0.717) is 24.3 Å². The molecule has 0 atom stereocenters. The van der Waals surface area contributed by atoms with Crippen molar-refractivity contribution in [3.8, 4) is 11.8 Å². The number of primary amides is 1. The summed E-state index contributed by atoms with van der Waals surface area (Å²) in [5, 5.41) is 2.85. The fourth-order valence-electron chi connectivity index (χ4n) is 3.36. The van der Waals surface area contributed by atoms with E-state index in [1.807, 2.05) is 13.8 Å². The minimum Gasteiger partial charge on any atom is -0.424 e. The number of nitrogens with zero attached hydrogens (tertiary/aromatic N) is 2. The molecular formula is C20H24N4O3. The molecule has 1 aromatic heterocycles. The quantitative estimate of drug-likeness (QED) is 0.788. The van der Waals surface area contributed by atoms with Crippen LogP contribution in [0.15, 0.2) is 30.6 Å². The zero-order chi connectivity index (χ0) is 19.4. The molecule has 0 saturated heterocycles. The van der Waals surface area contributed by atoms with Gasteiger partial charge in [-0.15, -0.1) is 0 Å². The van der Waals surface area contributed by atoms with Gasteiger partial charge in [-0.3, -0.25) is 9.59 Å². The summed E-state index contributed by atoms with van der Waals surface area (Å²) in [7, 11) is 0. The molecule has 3 N–H and O–H groups in total. The van der Waals surface area contributed by atoms with Gasteiger partial charge >= 0.3 is 6.01 Å². The van der Waals surface area contributed by atoms with Crippen LogP contribution >= 0.6 is 0 Å². The maximum Gasteiger partial charge on any atom is 0.321 e. The van der Waals surface area contributed by atoms with Crippen molar-refractivity contribution in [3.63, 3.8) is 0 Å². The summed E-state index contributed by atoms with van der Waals surface area (Å²) < 4.78 is 5.69. The third kappa shape index (κ3) is 4.07. The van der Waals surface area contributed by atoms with E-state index in [9.17, 15) is 9.59 Å². The Morgan fingerprint density at radius 1 is 1.11 bits per heavy atom. The highest BCUT2D eigenvalue weighted by atomic mass is 16.5. The van der Waals surface area contributed by atoms with E-state index in [-0.39, 0.29) is 11.9 Å². The summed E-state index contributed by atoms with van der Waals surface area (Å²) in [5.41, 5.74) is 6.82. The van der Waals surface area contributed by atoms with Crippen LogP contribution in [-0.4, -0.2) is 21.8 Å². The number of hydrogen-bond acceptors (Lipinski definition) is 5. The Hall–Kier alpha value is -2.96. The number of ether oxygens (including phenoxy) is 1. The van der Waals surface area contributed by atoms with Crippen molar-refractivity contribution < 1.29 is 14.3 Å². The number of anilines is 1. The summed E-state index contributed by atoms with van der Waals surface area (Å²) >= 11 is 0. The van der Waals surface area contributed by atoms with Crippen molar-refractivity contribution >= 4 is 17.5 Å². The zero-order valence-corrected chi connectivity index (χ0v) is 15.6. The van der Waals surface area contributed by atoms with Crippen molar-refractivity contribution in [1.82, 2.24) is 9.97 Å². The molecule has 0 bridgehead atoms. The monoisotopic (exact) mass is 368 g/mol. The van der Waals surface area contributed by atoms with Crippen molar-refractivity contribution in [2.45, 2.75) is 46.0 Å². The topological polar surface area (TPSA) is 107 Å². The Balaban J connectivity index is 1.74. The zero-order valence-electron chi connectivity index (χ0n) is 15.6. The SMILES string of the molecule is Cc1cnc(Oc2ccc(NC(=O)C3(C(N)=O)CCCCC3)cc2C)nc1. The van der Waals surface area contributed by atoms with Crippen LogP contribution in [0.2, 0.25) is 0 Å². The number of nitrogens with two attached hydrogens (primary N) is 1. The van der Waals surface area contributed by atoms with E-state index >= 15 is 0 Å². The normalized spacial score (nSPS) is 15.8. The Morgan fingerprint density at radius 2 is 1.78 bits per heavy atom. The highest BCUT2D eigenvalue weighted by Crippen LogP contribution is 2.37. The van der Waals surface area contributed by atoms with Crippen LogP contribution in [0.3, 0.4) is 0 Å². The van der Waals surface area contributed by atoms with Crippen molar-refractivity contribution in [2.24, 2.45) is 11.1 Å². The number of carbonyl (C=O) groups is 2. The van der Waals surface area contributed by atoms with Crippen LogP contribution < -0.4 is 15.8 Å². The first-order chi connectivity index (χ1) is 12.9. The molecule has 1 aliphatic rings. The Morgan fingerprint density at radius 3 is 2.37 bits per heavy atom. The van der Waals surface area contributed by atoms with E-state index in [2.05, 4.69) is 15.3 Å². The molecule has 2 aromatic rings. The maximum absolute atomic E-state index is 12.8. The minimum absolute atomic E-state index is 0.260. The number of benzene rings is 1. The second-order valence-electron chi connectivity index (χ2n) is 7.09. The van der Waals surface area contributed by atoms with Gasteiger partial charge in [0, 0.05) is 18.1 Å². The van der Waals surface area contributed by atoms with Gasteiger partial charge in [-0.25, -0.2) is 9.97 Å². The lowest BCUT2D eigenvalue weighted by Crippen LogP contribution is -2.48. The summed E-state index contributed by atoms with van der Waals surface area (Å²) in [5.74, 6) is -0.281. The first kappa shape index (κ1) is 18.8. The fraction of sp³-hybridized carbons (Fsp3) is 0.400. The Labute approximate surface area is 158 Å². The lowest BCUT2D eigenvalue weighted by molar-refractivity contribution is -0.140. The molecule has 1 heterocycles. The number of amides is 2. The van der Waals surface area contributed by atoms with Crippen LogP contribution in [0.25, 0.3) is 0 Å². The molecule has 1 fully saturated rings. The standard InChI is InChI=1S/C20H24N4O3/c1-13-11-22-19(23-12-13)27-16-7-6-15(10-14(16)2)24-18(26)20(17(21)25)8-4-3-5-9-20/h6-7,10-12H,3-5,8-9H2,1-2H3,(H2,21,25)(H,24,26). The van der Waals surface area contributed by atoms with Gasteiger partial charge in [-0.05, 0) is 56.0 Å². The predicted octanol–water partition coefficient (Wildman–Crippen LogP) is 3.26. The predicted molar refractivity (Wildman–Crippen MR) is 101 cm³/mol. The van der Waals surface area contributed by atoms with Gasteiger partial charge in [0.25, 0.3) is 0 Å². The third-order valence-electron chi connectivity index (χ3n) is 5.00. The lowest BCUT2D eigenvalue weighted by Gasteiger charge is -2.32. The molecule has 7 nitrogen and oxygen atoms in total. The molecule has 1 aromatic carbocycles. The number of rotatable bonds is 5. The fourth-order valence-corrected chi connectivity index (χ4v) is 3.36. The van der Waals surface area contributed by atoms with Crippen LogP contribution in [0.1, 0.15) is 43.2 Å². The molecular weight excluding hydrogens is 344 g/mol. The van der Waals surface area contributed by atoms with E-state index in [1.54, 1.807) is 30.6 Å². The van der Waals surface area contributed by atoms with Gasteiger partial charge in [0.1, 0.15) is 11.2 Å². The van der Waals surface area contributed by atoms with E-state index < -0.39 is 11.3 Å².